The summed E-state index contributed by atoms with van der Waals surface area (Å²) in [6.45, 7) is 5.84. The minimum Gasteiger partial charge on any atom is -0.395 e. The number of rotatable bonds is 5. The van der Waals surface area contributed by atoms with E-state index in [0.717, 1.165) is 55.5 Å². The van der Waals surface area contributed by atoms with Gasteiger partial charge in [0, 0.05) is 50.2 Å². The summed E-state index contributed by atoms with van der Waals surface area (Å²) in [5, 5.41) is 12.0. The Bertz CT molecular complexity index is 594. The molecule has 0 spiro atoms. The smallest absolute Gasteiger partial charge is 0.123 e. The van der Waals surface area contributed by atoms with Crippen molar-refractivity contribution in [1.29, 1.82) is 0 Å². The molecular weight excluding hydrogens is 301 g/mol. The molecular formula is C16H20FN3OS. The molecule has 4 nitrogen and oxygen atoms in total. The van der Waals surface area contributed by atoms with Gasteiger partial charge in [-0.15, -0.1) is 11.3 Å². The maximum Gasteiger partial charge on any atom is 0.123 e. The number of halogens is 1. The summed E-state index contributed by atoms with van der Waals surface area (Å²) in [6.07, 6.45) is 0. The first-order valence-electron chi connectivity index (χ1n) is 7.50. The first-order valence-corrected chi connectivity index (χ1v) is 8.38. The quantitative estimate of drug-likeness (QED) is 0.915. The van der Waals surface area contributed by atoms with Crippen molar-refractivity contribution in [3.05, 3.63) is 41.2 Å². The normalized spacial score (nSPS) is 17.0. The zero-order chi connectivity index (χ0) is 15.4. The molecule has 1 aromatic heterocycles. The maximum absolute atomic E-state index is 13.0. The molecule has 0 aliphatic carbocycles. The Labute approximate surface area is 133 Å². The van der Waals surface area contributed by atoms with Gasteiger partial charge in [0.05, 0.1) is 12.3 Å². The van der Waals surface area contributed by atoms with Crippen LogP contribution in [0.4, 0.5) is 4.39 Å². The van der Waals surface area contributed by atoms with E-state index in [1.165, 1.54) is 12.1 Å². The van der Waals surface area contributed by atoms with E-state index in [2.05, 4.69) is 20.2 Å². The number of piperazine rings is 1. The predicted molar refractivity (Wildman–Crippen MR) is 86.3 cm³/mol. The molecule has 22 heavy (non-hydrogen) atoms. The van der Waals surface area contributed by atoms with Crippen LogP contribution in [0.2, 0.25) is 0 Å². The van der Waals surface area contributed by atoms with Crippen molar-refractivity contribution in [2.45, 2.75) is 6.54 Å². The second-order valence-corrected chi connectivity index (χ2v) is 6.35. The van der Waals surface area contributed by atoms with Crippen molar-refractivity contribution in [2.75, 3.05) is 39.3 Å². The lowest BCUT2D eigenvalue weighted by Crippen LogP contribution is -2.46. The molecule has 1 saturated heterocycles. The van der Waals surface area contributed by atoms with Crippen molar-refractivity contribution in [3.63, 3.8) is 0 Å². The highest BCUT2D eigenvalue weighted by atomic mass is 32.1. The minimum atomic E-state index is -0.221. The predicted octanol–water partition coefficient (Wildman–Crippen LogP) is 2.06. The van der Waals surface area contributed by atoms with Crippen LogP contribution in [0.25, 0.3) is 10.6 Å². The number of hydrogen-bond donors (Lipinski definition) is 1. The van der Waals surface area contributed by atoms with Gasteiger partial charge in [-0.05, 0) is 24.3 Å². The van der Waals surface area contributed by atoms with Crippen molar-refractivity contribution < 1.29 is 9.50 Å². The van der Waals surface area contributed by atoms with E-state index < -0.39 is 0 Å². The van der Waals surface area contributed by atoms with Gasteiger partial charge in [0.2, 0.25) is 0 Å². The first-order chi connectivity index (χ1) is 10.7. The van der Waals surface area contributed by atoms with Crippen LogP contribution in [0, 0.1) is 5.82 Å². The summed E-state index contributed by atoms with van der Waals surface area (Å²) in [4.78, 5) is 9.33. The number of aliphatic hydroxyl groups is 1. The summed E-state index contributed by atoms with van der Waals surface area (Å²) in [7, 11) is 0. The molecule has 0 saturated carbocycles. The Morgan fingerprint density at radius 3 is 2.45 bits per heavy atom. The Kier molecular flexibility index (Phi) is 5.15. The van der Waals surface area contributed by atoms with Crippen molar-refractivity contribution in [2.24, 2.45) is 0 Å². The van der Waals surface area contributed by atoms with Gasteiger partial charge in [0.25, 0.3) is 0 Å². The highest BCUT2D eigenvalue weighted by Crippen LogP contribution is 2.24. The summed E-state index contributed by atoms with van der Waals surface area (Å²) >= 11 is 1.60. The number of aliphatic hydroxyl groups excluding tert-OH is 1. The van der Waals surface area contributed by atoms with Crippen molar-refractivity contribution in [3.8, 4) is 10.6 Å². The summed E-state index contributed by atoms with van der Waals surface area (Å²) in [5.41, 5.74) is 2.03. The highest BCUT2D eigenvalue weighted by molar-refractivity contribution is 7.13. The molecule has 0 amide bonds. The monoisotopic (exact) mass is 321 g/mol. The highest BCUT2D eigenvalue weighted by Gasteiger charge is 2.17. The fourth-order valence-electron chi connectivity index (χ4n) is 2.65. The average molecular weight is 321 g/mol. The molecule has 2 aromatic rings. The number of aromatic nitrogens is 1. The number of benzene rings is 1. The molecule has 1 fully saturated rings. The number of nitrogens with zero attached hydrogens (tertiary/aromatic N) is 3. The molecule has 0 radical (unpaired) electrons. The van der Waals surface area contributed by atoms with Crippen LogP contribution in [0.1, 0.15) is 5.69 Å². The van der Waals surface area contributed by atoms with Gasteiger partial charge < -0.3 is 5.11 Å². The molecule has 0 atom stereocenters. The maximum atomic E-state index is 13.0. The number of thiazole rings is 1. The first kappa shape index (κ1) is 15.6. The van der Waals surface area contributed by atoms with Crippen LogP contribution in [-0.2, 0) is 6.54 Å². The molecule has 1 aliphatic heterocycles. The van der Waals surface area contributed by atoms with Crippen LogP contribution in [0.3, 0.4) is 0 Å². The Hall–Kier alpha value is -1.34. The van der Waals surface area contributed by atoms with Crippen LogP contribution in [0.5, 0.6) is 0 Å². The van der Waals surface area contributed by atoms with Gasteiger partial charge in [0.1, 0.15) is 10.8 Å². The van der Waals surface area contributed by atoms with Gasteiger partial charge >= 0.3 is 0 Å². The Balaban J connectivity index is 1.57. The molecule has 0 bridgehead atoms. The van der Waals surface area contributed by atoms with E-state index in [9.17, 15) is 4.39 Å². The molecule has 2 heterocycles. The largest absolute Gasteiger partial charge is 0.395 e. The van der Waals surface area contributed by atoms with E-state index >= 15 is 0 Å². The third-order valence-corrected chi connectivity index (χ3v) is 4.85. The second-order valence-electron chi connectivity index (χ2n) is 5.49. The van der Waals surface area contributed by atoms with Crippen LogP contribution in [-0.4, -0.2) is 59.2 Å². The summed E-state index contributed by atoms with van der Waals surface area (Å²) in [6, 6.07) is 6.48. The summed E-state index contributed by atoms with van der Waals surface area (Å²) in [5.74, 6) is -0.221. The molecule has 1 aromatic carbocycles. The van der Waals surface area contributed by atoms with Crippen LogP contribution in [0.15, 0.2) is 29.6 Å². The van der Waals surface area contributed by atoms with Crippen molar-refractivity contribution >= 4 is 11.3 Å². The van der Waals surface area contributed by atoms with E-state index in [0.29, 0.717) is 0 Å². The minimum absolute atomic E-state index is 0.221. The summed E-state index contributed by atoms with van der Waals surface area (Å²) < 4.78 is 13.0. The van der Waals surface area contributed by atoms with E-state index in [-0.39, 0.29) is 12.4 Å². The topological polar surface area (TPSA) is 39.6 Å². The number of hydrogen-bond acceptors (Lipinski definition) is 5. The van der Waals surface area contributed by atoms with Gasteiger partial charge in [-0.1, -0.05) is 0 Å². The van der Waals surface area contributed by atoms with Crippen LogP contribution < -0.4 is 0 Å². The van der Waals surface area contributed by atoms with Gasteiger partial charge in [-0.25, -0.2) is 9.37 Å². The van der Waals surface area contributed by atoms with Gasteiger partial charge in [-0.2, -0.15) is 0 Å². The average Bonchev–Trinajstić information content (AvgIpc) is 2.99. The molecule has 1 N–H and O–H groups in total. The van der Waals surface area contributed by atoms with E-state index in [4.69, 9.17) is 5.11 Å². The Morgan fingerprint density at radius 2 is 1.77 bits per heavy atom. The lowest BCUT2D eigenvalue weighted by atomic mass is 10.2. The molecule has 6 heteroatoms. The zero-order valence-corrected chi connectivity index (χ0v) is 13.2. The molecule has 3 rings (SSSR count). The fraction of sp³-hybridized carbons (Fsp3) is 0.438. The molecule has 0 unspecified atom stereocenters. The van der Waals surface area contributed by atoms with Crippen LogP contribution >= 0.6 is 11.3 Å². The fourth-order valence-corrected chi connectivity index (χ4v) is 3.46. The number of β-amino-alcohol motifs (C(OH)–C–C–N with tert-alkyl or cyclic N) is 1. The SMILES string of the molecule is OCCN1CCN(Cc2csc(-c3ccc(F)cc3)n2)CC1. The third kappa shape index (κ3) is 3.89. The third-order valence-electron chi connectivity index (χ3n) is 3.91. The van der Waals surface area contributed by atoms with Crippen molar-refractivity contribution in [1.82, 2.24) is 14.8 Å². The Morgan fingerprint density at radius 1 is 1.09 bits per heavy atom. The van der Waals surface area contributed by atoms with E-state index in [1.54, 1.807) is 23.5 Å². The van der Waals surface area contributed by atoms with E-state index in [1.807, 2.05) is 0 Å². The lowest BCUT2D eigenvalue weighted by Gasteiger charge is -2.33. The molecule has 118 valence electrons. The molecule has 1 aliphatic rings. The lowest BCUT2D eigenvalue weighted by molar-refractivity contribution is 0.108. The zero-order valence-electron chi connectivity index (χ0n) is 12.4. The van der Waals surface area contributed by atoms with Gasteiger partial charge in [-0.3, -0.25) is 9.80 Å². The van der Waals surface area contributed by atoms with Gasteiger partial charge in [0.15, 0.2) is 0 Å². The standard InChI is InChI=1S/C16H20FN3OS/c17-14-3-1-13(2-4-14)16-18-15(12-22-16)11-20-7-5-19(6-8-20)9-10-21/h1-4,12,21H,5-11H2. The second kappa shape index (κ2) is 7.28.